The number of rotatable bonds is 3. The fourth-order valence-electron chi connectivity index (χ4n) is 1.21. The molecule has 0 aliphatic carbocycles. The summed E-state index contributed by atoms with van der Waals surface area (Å²) in [7, 11) is -5.04. The molecule has 0 radical (unpaired) electrons. The lowest BCUT2D eigenvalue weighted by molar-refractivity contribution is 0.0687. The Balaban J connectivity index is 3.85. The molecule has 0 unspecified atom stereocenters. The number of phenolic OH excluding ortho intramolecular Hbond substituents is 1. The van der Waals surface area contributed by atoms with Crippen molar-refractivity contribution >= 4 is 22.1 Å². The van der Waals surface area contributed by atoms with E-state index in [0.29, 0.717) is 12.1 Å². The zero-order valence-electron chi connectivity index (χ0n) is 7.98. The van der Waals surface area contributed by atoms with Crippen molar-refractivity contribution in [3.8, 4) is 5.75 Å². The van der Waals surface area contributed by atoms with Gasteiger partial charge in [-0.1, -0.05) is 0 Å². The molecule has 0 heterocycles. The first-order valence-electron chi connectivity index (χ1n) is 3.95. The van der Waals surface area contributed by atoms with Crippen LogP contribution in [0.1, 0.15) is 20.7 Å². The monoisotopic (exact) mass is 262 g/mol. The number of phenols is 1. The van der Waals surface area contributed by atoms with Crippen LogP contribution in [0, 0.1) is 0 Å². The van der Waals surface area contributed by atoms with E-state index in [4.69, 9.17) is 19.9 Å². The van der Waals surface area contributed by atoms with E-state index in [1.165, 1.54) is 0 Å². The zero-order valence-corrected chi connectivity index (χ0v) is 8.80. The molecule has 0 aliphatic heterocycles. The molecular formula is C8H6O8S. The van der Waals surface area contributed by atoms with Crippen LogP contribution >= 0.6 is 0 Å². The highest BCUT2D eigenvalue weighted by Gasteiger charge is 2.28. The Bertz CT molecular complexity index is 565. The molecule has 1 rings (SSSR count). The summed E-state index contributed by atoms with van der Waals surface area (Å²) in [4.78, 5) is 20.2. The highest BCUT2D eigenvalue weighted by Crippen LogP contribution is 2.26. The van der Waals surface area contributed by atoms with E-state index in [0.717, 1.165) is 0 Å². The minimum atomic E-state index is -5.04. The average molecular weight is 262 g/mol. The normalized spacial score (nSPS) is 11.1. The molecule has 0 spiro atoms. The Labute approximate surface area is 94.5 Å². The second kappa shape index (κ2) is 4.03. The van der Waals surface area contributed by atoms with Gasteiger partial charge in [-0.15, -0.1) is 0 Å². The van der Waals surface area contributed by atoms with Gasteiger partial charge < -0.3 is 15.3 Å². The second-order valence-electron chi connectivity index (χ2n) is 2.96. The van der Waals surface area contributed by atoms with Crippen molar-refractivity contribution in [3.05, 3.63) is 23.3 Å². The van der Waals surface area contributed by atoms with Crippen LogP contribution < -0.4 is 0 Å². The van der Waals surface area contributed by atoms with Gasteiger partial charge in [0.25, 0.3) is 10.1 Å². The predicted octanol–water partition coefficient (Wildman–Crippen LogP) is 0.0353. The summed E-state index contributed by atoms with van der Waals surface area (Å²) in [5.74, 6) is -4.33. The van der Waals surface area contributed by atoms with E-state index in [-0.39, 0.29) is 0 Å². The Kier molecular flexibility index (Phi) is 3.07. The molecule has 1 aromatic rings. The minimum Gasteiger partial charge on any atom is -0.508 e. The van der Waals surface area contributed by atoms with Crippen LogP contribution in [0.3, 0.4) is 0 Å². The SMILES string of the molecule is O=C(O)c1cc(O)cc(C(=O)O)c1S(=O)(=O)O. The fraction of sp³-hybridized carbons (Fsp3) is 0. The molecule has 0 aliphatic rings. The van der Waals surface area contributed by atoms with Crippen LogP contribution in [0.2, 0.25) is 0 Å². The Morgan fingerprint density at radius 2 is 1.35 bits per heavy atom. The first kappa shape index (κ1) is 12.9. The molecule has 92 valence electrons. The molecule has 0 fully saturated rings. The summed E-state index contributed by atoms with van der Waals surface area (Å²) in [5, 5.41) is 26.4. The van der Waals surface area contributed by atoms with Gasteiger partial charge in [0, 0.05) is 0 Å². The summed E-state index contributed by atoms with van der Waals surface area (Å²) < 4.78 is 30.7. The van der Waals surface area contributed by atoms with Crippen molar-refractivity contribution in [2.75, 3.05) is 0 Å². The van der Waals surface area contributed by atoms with Gasteiger partial charge in [-0.25, -0.2) is 9.59 Å². The van der Waals surface area contributed by atoms with E-state index in [1.807, 2.05) is 0 Å². The number of benzene rings is 1. The third kappa shape index (κ3) is 2.52. The van der Waals surface area contributed by atoms with Crippen molar-refractivity contribution in [1.29, 1.82) is 0 Å². The Morgan fingerprint density at radius 3 is 1.59 bits per heavy atom. The summed E-state index contributed by atoms with van der Waals surface area (Å²) in [6.07, 6.45) is 0. The van der Waals surface area contributed by atoms with Crippen LogP contribution in [0.5, 0.6) is 5.75 Å². The lowest BCUT2D eigenvalue weighted by Crippen LogP contribution is -2.14. The molecule has 17 heavy (non-hydrogen) atoms. The number of aromatic hydroxyl groups is 1. The predicted molar refractivity (Wildman–Crippen MR) is 51.8 cm³/mol. The van der Waals surface area contributed by atoms with Crippen LogP contribution in [-0.2, 0) is 10.1 Å². The van der Waals surface area contributed by atoms with Crippen molar-refractivity contribution < 1.29 is 37.9 Å². The number of carboxylic acid groups (broad SMARTS) is 2. The summed E-state index contributed by atoms with van der Waals surface area (Å²) in [5.41, 5.74) is -2.05. The minimum absolute atomic E-state index is 0.526. The number of carboxylic acids is 2. The highest BCUT2D eigenvalue weighted by atomic mass is 32.2. The molecule has 9 heteroatoms. The topological polar surface area (TPSA) is 149 Å². The molecule has 0 aromatic heterocycles. The maximum absolute atomic E-state index is 10.9. The first-order chi connectivity index (χ1) is 7.64. The third-order valence-corrected chi connectivity index (χ3v) is 2.75. The first-order valence-corrected chi connectivity index (χ1v) is 5.39. The number of aromatic carboxylic acids is 2. The lowest BCUT2D eigenvalue weighted by atomic mass is 10.1. The number of carbonyl (C=O) groups is 2. The molecule has 0 bridgehead atoms. The largest absolute Gasteiger partial charge is 0.508 e. The van der Waals surface area contributed by atoms with E-state index in [1.54, 1.807) is 0 Å². The molecule has 0 saturated heterocycles. The number of hydrogen-bond donors (Lipinski definition) is 4. The van der Waals surface area contributed by atoms with Crippen molar-refractivity contribution in [2.45, 2.75) is 4.90 Å². The van der Waals surface area contributed by atoms with E-state index < -0.39 is 43.8 Å². The molecular weight excluding hydrogens is 256 g/mol. The maximum atomic E-state index is 10.9. The molecule has 4 N–H and O–H groups in total. The van der Waals surface area contributed by atoms with E-state index in [2.05, 4.69) is 0 Å². The molecule has 1 aromatic carbocycles. The van der Waals surface area contributed by atoms with Crippen LogP contribution in [0.25, 0.3) is 0 Å². The zero-order chi connectivity index (χ0) is 13.4. The van der Waals surface area contributed by atoms with Gasteiger partial charge in [0.15, 0.2) is 0 Å². The average Bonchev–Trinajstić information content (AvgIpc) is 2.14. The Morgan fingerprint density at radius 1 is 1.00 bits per heavy atom. The quantitative estimate of drug-likeness (QED) is 0.557. The van der Waals surface area contributed by atoms with Gasteiger partial charge in [-0.05, 0) is 12.1 Å². The number of hydrogen-bond acceptors (Lipinski definition) is 5. The molecule has 0 amide bonds. The van der Waals surface area contributed by atoms with Crippen LogP contribution in [0.4, 0.5) is 0 Å². The lowest BCUT2D eigenvalue weighted by Gasteiger charge is -2.07. The van der Waals surface area contributed by atoms with Gasteiger partial charge in [0.2, 0.25) is 0 Å². The molecule has 8 nitrogen and oxygen atoms in total. The fourth-order valence-corrected chi connectivity index (χ4v) is 2.06. The van der Waals surface area contributed by atoms with Crippen LogP contribution in [0.15, 0.2) is 17.0 Å². The van der Waals surface area contributed by atoms with E-state index >= 15 is 0 Å². The summed E-state index contributed by atoms with van der Waals surface area (Å²) >= 11 is 0. The van der Waals surface area contributed by atoms with Gasteiger partial charge in [0.1, 0.15) is 10.6 Å². The smallest absolute Gasteiger partial charge is 0.337 e. The van der Waals surface area contributed by atoms with Gasteiger partial charge in [-0.2, -0.15) is 8.42 Å². The maximum Gasteiger partial charge on any atom is 0.337 e. The van der Waals surface area contributed by atoms with Crippen molar-refractivity contribution in [3.63, 3.8) is 0 Å². The molecule has 0 saturated carbocycles. The summed E-state index contributed by atoms with van der Waals surface area (Å²) in [6.45, 7) is 0. The van der Waals surface area contributed by atoms with Crippen LogP contribution in [-0.4, -0.2) is 40.2 Å². The third-order valence-electron chi connectivity index (χ3n) is 1.79. The standard InChI is InChI=1S/C8H6O8S/c9-3-1-4(7(10)11)6(17(14,15)16)5(2-3)8(12)13/h1-2,9H,(H,10,11)(H,12,13)(H,14,15,16). The van der Waals surface area contributed by atoms with Gasteiger partial charge in [-0.3, -0.25) is 4.55 Å². The molecule has 0 atom stereocenters. The van der Waals surface area contributed by atoms with Gasteiger partial charge in [0.05, 0.1) is 11.1 Å². The highest BCUT2D eigenvalue weighted by molar-refractivity contribution is 7.86. The van der Waals surface area contributed by atoms with E-state index in [9.17, 15) is 18.0 Å². The van der Waals surface area contributed by atoms with Crippen molar-refractivity contribution in [2.24, 2.45) is 0 Å². The van der Waals surface area contributed by atoms with Crippen molar-refractivity contribution in [1.82, 2.24) is 0 Å². The Hall–Kier alpha value is -2.13. The van der Waals surface area contributed by atoms with Gasteiger partial charge >= 0.3 is 11.9 Å². The second-order valence-corrected chi connectivity index (χ2v) is 4.31. The summed E-state index contributed by atoms with van der Waals surface area (Å²) in [6, 6.07) is 1.05.